The van der Waals surface area contributed by atoms with Crippen LogP contribution in [-0.4, -0.2) is 254 Å². The summed E-state index contributed by atoms with van der Waals surface area (Å²) in [6, 6.07) is 2.09. The number of fused-ring (bicyclic) bond motifs is 15. The van der Waals surface area contributed by atoms with Crippen LogP contribution in [-0.2, 0) is 47.6 Å². The van der Waals surface area contributed by atoms with Crippen LogP contribution in [0.3, 0.4) is 0 Å². The van der Waals surface area contributed by atoms with Gasteiger partial charge in [0.25, 0.3) is 0 Å². The van der Waals surface area contributed by atoms with Crippen molar-refractivity contribution < 1.29 is 101 Å². The van der Waals surface area contributed by atoms with E-state index in [9.17, 15) is 29.4 Å². The minimum absolute atomic E-state index is 0. The maximum Gasteiger partial charge on any atom is 0.303 e. The quantitative estimate of drug-likeness (QED) is 0.0743. The molecular weight excluding hydrogens is 1580 g/mol. The molecule has 12 unspecified atom stereocenters. The molecule has 18 nitrogen and oxygen atoms in total. The summed E-state index contributed by atoms with van der Waals surface area (Å²) in [4.78, 5) is 59.8. The molecule has 18 fully saturated rings. The minimum atomic E-state index is -0.198. The van der Waals surface area contributed by atoms with Gasteiger partial charge in [0.1, 0.15) is 24.3 Å². The van der Waals surface area contributed by atoms with E-state index in [0.29, 0.717) is 82.3 Å². The number of hydrogen-bond donors (Lipinski definition) is 2. The van der Waals surface area contributed by atoms with Crippen LogP contribution in [0.15, 0.2) is 25.3 Å². The topological polar surface area (TPSA) is 177 Å². The smallest absolute Gasteiger partial charge is 0.303 e. The molecular formula is C95H156Br2N6O12. The van der Waals surface area contributed by atoms with E-state index in [1.165, 1.54) is 187 Å². The van der Waals surface area contributed by atoms with Crippen molar-refractivity contribution in [1.29, 1.82) is 0 Å². The third-order valence-corrected chi connectivity index (χ3v) is 38.6. The van der Waals surface area contributed by atoms with Crippen molar-refractivity contribution in [3.8, 4) is 0 Å². The minimum Gasteiger partial charge on any atom is -1.00 e. The van der Waals surface area contributed by atoms with Crippen molar-refractivity contribution in [2.45, 2.75) is 328 Å². The molecule has 12 aliphatic carbocycles. The lowest BCUT2D eigenvalue weighted by molar-refractivity contribution is -0.937. The van der Waals surface area contributed by atoms with Crippen LogP contribution in [0.4, 0.5) is 0 Å². The molecule has 18 rings (SSSR count). The summed E-state index contributed by atoms with van der Waals surface area (Å²) >= 11 is 0. The zero-order chi connectivity index (χ0) is 79.4. The number of halogens is 2. The van der Waals surface area contributed by atoms with Crippen LogP contribution in [0.2, 0.25) is 0 Å². The fourth-order valence-corrected chi connectivity index (χ4v) is 33.4. The summed E-state index contributed by atoms with van der Waals surface area (Å²) in [5, 5.41) is 22.4. The van der Waals surface area contributed by atoms with Gasteiger partial charge in [-0.25, -0.2) is 0 Å². The number of hydrogen-bond acceptors (Lipinski definition) is 16. The molecule has 30 atom stereocenters. The highest BCUT2D eigenvalue weighted by Crippen LogP contribution is 2.72. The number of carbonyl (C=O) groups is 4. The molecule has 6 aliphatic heterocycles. The van der Waals surface area contributed by atoms with E-state index >= 15 is 0 Å². The molecule has 652 valence electrons. The third kappa shape index (κ3) is 16.1. The van der Waals surface area contributed by atoms with Crippen molar-refractivity contribution in [2.24, 2.45) is 104 Å². The van der Waals surface area contributed by atoms with Crippen LogP contribution < -0.4 is 34.0 Å². The number of aliphatic hydroxyl groups excluding tert-OH is 2. The highest BCUT2D eigenvalue weighted by Gasteiger charge is 2.72. The first kappa shape index (κ1) is 89.2. The number of aliphatic hydroxyl groups is 2. The summed E-state index contributed by atoms with van der Waals surface area (Å²) < 4.78 is 38.5. The number of likely N-dealkylation sites (tertiary alicyclic amines) is 4. The van der Waals surface area contributed by atoms with E-state index in [-0.39, 0.29) is 128 Å². The normalized spacial score (nSPS) is 47.6. The average molecular weight is 1730 g/mol. The Balaban J connectivity index is 0.000000142. The number of quaternary nitrogens is 2. The molecule has 0 spiro atoms. The molecule has 6 saturated heterocycles. The van der Waals surface area contributed by atoms with E-state index in [1.807, 2.05) is 0 Å². The maximum atomic E-state index is 12.6. The first-order valence-electron chi connectivity index (χ1n) is 47.2. The Hall–Kier alpha value is -2.08. The van der Waals surface area contributed by atoms with E-state index in [0.717, 1.165) is 150 Å². The largest absolute Gasteiger partial charge is 1.00 e. The second-order valence-corrected chi connectivity index (χ2v) is 43.4. The van der Waals surface area contributed by atoms with Gasteiger partial charge in [0.15, 0.2) is 12.2 Å². The SMILES string of the molecule is C=CC[N+]1([C@H]2CC3C4CCC5C[C@H](O)[C@@H](N6CCCC6)C[C@]5(C)C4CC[C@]3(C)[C@H]2OC(C)=O)CCCC1.C=CC[N+]1([C@H]2CC3C4CCC5C[C@H](OC(C)=O)[C@@H](N6CCOCC6)C[C@]5(C)C4CC[C@]3(C)[C@H]2OC(C)=O)CCCC1.CC(=O)O[C@H]1[C@@H](N2CCCC2)CC2C3CCC4C[C@H](O)[C@@H](N5CCOCC5)C[C@]4(C)C3CC[C@@]21C.[Br-].[Br-]. The van der Waals surface area contributed by atoms with Crippen LogP contribution in [0.25, 0.3) is 0 Å². The fraction of sp³-hybridized carbons (Fsp3) is 0.916. The maximum absolute atomic E-state index is 12.6. The fourth-order valence-electron chi connectivity index (χ4n) is 33.4. The Morgan fingerprint density at radius 2 is 0.704 bits per heavy atom. The van der Waals surface area contributed by atoms with Crippen LogP contribution in [0.1, 0.15) is 255 Å². The molecule has 20 heteroatoms. The molecule has 0 aromatic rings. The van der Waals surface area contributed by atoms with E-state index in [4.69, 9.17) is 28.4 Å². The Labute approximate surface area is 714 Å². The van der Waals surface area contributed by atoms with Gasteiger partial charge < -0.3 is 81.6 Å². The molecule has 0 aromatic carbocycles. The molecule has 0 radical (unpaired) electrons. The van der Waals surface area contributed by atoms with Crippen LogP contribution >= 0.6 is 0 Å². The highest BCUT2D eigenvalue weighted by atomic mass is 79.9. The van der Waals surface area contributed by atoms with Crippen molar-refractivity contribution in [1.82, 2.24) is 19.6 Å². The molecule has 115 heavy (non-hydrogen) atoms. The van der Waals surface area contributed by atoms with E-state index in [1.54, 1.807) is 27.7 Å². The monoisotopic (exact) mass is 1730 g/mol. The van der Waals surface area contributed by atoms with E-state index in [2.05, 4.69) is 86.5 Å². The van der Waals surface area contributed by atoms with Gasteiger partial charge in [-0.2, -0.15) is 0 Å². The van der Waals surface area contributed by atoms with Gasteiger partial charge in [-0.3, -0.25) is 38.8 Å². The summed E-state index contributed by atoms with van der Waals surface area (Å²) in [7, 11) is 0. The van der Waals surface area contributed by atoms with Crippen molar-refractivity contribution in [3.05, 3.63) is 25.3 Å². The third-order valence-electron chi connectivity index (χ3n) is 38.6. The predicted octanol–water partition coefficient (Wildman–Crippen LogP) is 7.86. The van der Waals surface area contributed by atoms with Gasteiger partial charge in [0.05, 0.1) is 77.9 Å². The molecule has 6 heterocycles. The number of rotatable bonds is 14. The number of nitrogens with zero attached hydrogens (tertiary/aromatic N) is 6. The van der Waals surface area contributed by atoms with Gasteiger partial charge >= 0.3 is 23.9 Å². The summed E-state index contributed by atoms with van der Waals surface area (Å²) in [5.74, 6) is 7.54. The van der Waals surface area contributed by atoms with Crippen LogP contribution in [0.5, 0.6) is 0 Å². The van der Waals surface area contributed by atoms with Crippen molar-refractivity contribution in [2.75, 3.05) is 118 Å². The number of morpholine rings is 2. The Morgan fingerprint density at radius 3 is 1.08 bits per heavy atom. The first-order chi connectivity index (χ1) is 54.1. The highest BCUT2D eigenvalue weighted by molar-refractivity contribution is 5.67. The Bertz CT molecular complexity index is 3370. The Morgan fingerprint density at radius 1 is 0.383 bits per heavy atom. The lowest BCUT2D eigenvalue weighted by atomic mass is 9.44. The molecule has 0 aromatic heterocycles. The van der Waals surface area contributed by atoms with Gasteiger partial charge in [-0.1, -0.05) is 54.7 Å². The average Bonchev–Trinajstić information content (AvgIpc) is 1.59. The van der Waals surface area contributed by atoms with Crippen LogP contribution in [0, 0.1) is 104 Å². The molecule has 0 bridgehead atoms. The molecule has 2 N–H and O–H groups in total. The standard InChI is InChI=1S/C34H55N2O5.C32H53N2O3.C29H48N2O4.2BrH/c1-6-15-36(16-7-8-17-36)30-21-28-26-10-9-25-20-31(40-23(2)37)29(35-13-18-39-19-14-35)22-34(25,5)27(26)11-12-33(28,4)32(30)41-24(3)38;1-5-16-34(17-8-9-18-34)28-20-26-24-11-10-23-19-29(36)27(33-14-6-7-15-33)21-32(23,4)25(24)12-13-31(26,3)30(28)37-22(2)35;1-19(32)35-27-24(30-10-4-5-11-30)17-23-21-7-6-20-16-26(33)25(31-12-14-34-15-13-31)18-29(20,3)22(21)8-9-28(23,27)2;;/h6,25-32H,1,7-22H2,2-5H3;5,23-30,36H,1,6-21H2,2-4H3;20-27,33H,4-18H2,1-3H3;2*1H/q2*+1;;;/p-2/t25?,26?,27?,28?,29-,30-,31-,32-,33-,34-;23?,24?,25?,26?,27-,28-,29-,30-,31-,32-;20?,21?,22?,23?,24-,25-,26-,27-,28-,29-;;/m000../s1. The lowest BCUT2D eigenvalue weighted by Gasteiger charge is -2.62. The predicted molar refractivity (Wildman–Crippen MR) is 439 cm³/mol. The second-order valence-electron chi connectivity index (χ2n) is 43.4. The van der Waals surface area contributed by atoms with Crippen molar-refractivity contribution in [3.63, 3.8) is 0 Å². The van der Waals surface area contributed by atoms with Gasteiger partial charge in [-0.05, 0) is 273 Å². The van der Waals surface area contributed by atoms with E-state index < -0.39 is 0 Å². The van der Waals surface area contributed by atoms with Crippen molar-refractivity contribution >= 4 is 23.9 Å². The zero-order valence-corrected chi connectivity index (χ0v) is 76.2. The summed E-state index contributed by atoms with van der Waals surface area (Å²) in [5.41, 5.74) is 1.08. The number of ether oxygens (including phenoxy) is 6. The molecule has 18 aliphatic rings. The number of carbonyl (C=O) groups excluding carboxylic acids is 4. The van der Waals surface area contributed by atoms with Gasteiger partial charge in [0.2, 0.25) is 0 Å². The summed E-state index contributed by atoms with van der Waals surface area (Å²) in [6.07, 6.45) is 38.9. The second kappa shape index (κ2) is 35.5. The zero-order valence-electron chi connectivity index (χ0n) is 73.1. The molecule has 12 saturated carbocycles. The summed E-state index contributed by atoms with van der Waals surface area (Å²) in [6.45, 7) is 48.3. The van der Waals surface area contributed by atoms with Gasteiger partial charge in [-0.15, -0.1) is 0 Å². The molecule has 0 amide bonds. The first-order valence-corrected chi connectivity index (χ1v) is 47.2. The Kier molecular flexibility index (Phi) is 27.5. The lowest BCUT2D eigenvalue weighted by Crippen LogP contribution is -3.00. The number of esters is 4. The van der Waals surface area contributed by atoms with Gasteiger partial charge in [0, 0.05) is 133 Å².